The fraction of sp³-hybridized carbons (Fsp3) is 0.269. The predicted molar refractivity (Wildman–Crippen MR) is 132 cm³/mol. The Morgan fingerprint density at radius 1 is 1.03 bits per heavy atom. The molecule has 2 aromatic carbocycles. The van der Waals surface area contributed by atoms with E-state index in [9.17, 15) is 4.79 Å². The fourth-order valence-electron chi connectivity index (χ4n) is 4.31. The van der Waals surface area contributed by atoms with Crippen molar-refractivity contribution in [3.05, 3.63) is 72.1 Å². The summed E-state index contributed by atoms with van der Waals surface area (Å²) in [6.45, 7) is 2.60. The van der Waals surface area contributed by atoms with E-state index in [0.717, 1.165) is 46.9 Å². The number of hydrogen-bond acceptors (Lipinski definition) is 6. The lowest BCUT2D eigenvalue weighted by Crippen LogP contribution is -2.18. The van der Waals surface area contributed by atoms with E-state index >= 15 is 0 Å². The summed E-state index contributed by atoms with van der Waals surface area (Å²) in [6, 6.07) is 15.5. The molecule has 8 heteroatoms. The van der Waals surface area contributed by atoms with Gasteiger partial charge in [-0.05, 0) is 49.2 Å². The predicted octanol–water partition coefficient (Wildman–Crippen LogP) is 4.35. The number of hydrogen-bond donors (Lipinski definition) is 1. The number of methoxy groups -OCH3 is 2. The van der Waals surface area contributed by atoms with E-state index in [4.69, 9.17) is 9.47 Å². The van der Waals surface area contributed by atoms with Gasteiger partial charge in [-0.25, -0.2) is 9.67 Å². The second kappa shape index (κ2) is 9.43. The van der Waals surface area contributed by atoms with Crippen molar-refractivity contribution in [3.63, 3.8) is 0 Å². The van der Waals surface area contributed by atoms with Gasteiger partial charge in [0.15, 0.2) is 5.65 Å². The third kappa shape index (κ3) is 4.39. The van der Waals surface area contributed by atoms with E-state index in [0.29, 0.717) is 17.8 Å². The molecule has 3 heterocycles. The van der Waals surface area contributed by atoms with Crippen molar-refractivity contribution in [3.8, 4) is 11.5 Å². The number of benzene rings is 2. The number of carbonyl (C=O) groups excluding carboxylic acids is 1. The van der Waals surface area contributed by atoms with Crippen LogP contribution in [0.15, 0.2) is 60.9 Å². The maximum Gasteiger partial charge on any atom is 0.257 e. The summed E-state index contributed by atoms with van der Waals surface area (Å²) in [5.74, 6) is 1.25. The molecule has 1 saturated heterocycles. The van der Waals surface area contributed by atoms with Gasteiger partial charge >= 0.3 is 0 Å². The van der Waals surface area contributed by atoms with Gasteiger partial charge in [0.2, 0.25) is 0 Å². The normalized spacial score (nSPS) is 13.3. The zero-order valence-electron chi connectivity index (χ0n) is 19.3. The van der Waals surface area contributed by atoms with Crippen molar-refractivity contribution in [2.24, 2.45) is 0 Å². The van der Waals surface area contributed by atoms with Crippen LogP contribution in [0.2, 0.25) is 0 Å². The Morgan fingerprint density at radius 3 is 2.68 bits per heavy atom. The van der Waals surface area contributed by atoms with Crippen molar-refractivity contribution < 1.29 is 14.3 Å². The molecule has 4 aromatic rings. The van der Waals surface area contributed by atoms with Crippen LogP contribution in [0, 0.1) is 0 Å². The first kappa shape index (κ1) is 21.8. The van der Waals surface area contributed by atoms with Gasteiger partial charge in [0.25, 0.3) is 5.91 Å². The van der Waals surface area contributed by atoms with Crippen LogP contribution in [0.3, 0.4) is 0 Å². The Bertz CT molecular complexity index is 1330. The molecule has 0 atom stereocenters. The van der Waals surface area contributed by atoms with Gasteiger partial charge in [0, 0.05) is 47.7 Å². The van der Waals surface area contributed by atoms with Gasteiger partial charge in [0.05, 0.1) is 32.5 Å². The summed E-state index contributed by atoms with van der Waals surface area (Å²) in [4.78, 5) is 19.8. The Labute approximate surface area is 198 Å². The maximum absolute atomic E-state index is 12.9. The highest BCUT2D eigenvalue weighted by Crippen LogP contribution is 2.27. The van der Waals surface area contributed by atoms with Crippen LogP contribution in [-0.4, -0.2) is 48.0 Å². The highest BCUT2D eigenvalue weighted by Gasteiger charge is 2.15. The van der Waals surface area contributed by atoms with Gasteiger partial charge in [-0.15, -0.1) is 0 Å². The van der Waals surface area contributed by atoms with Gasteiger partial charge < -0.3 is 19.7 Å². The molecule has 0 bridgehead atoms. The van der Waals surface area contributed by atoms with Crippen LogP contribution >= 0.6 is 0 Å². The zero-order chi connectivity index (χ0) is 23.5. The molecule has 0 radical (unpaired) electrons. The van der Waals surface area contributed by atoms with Crippen molar-refractivity contribution in [2.45, 2.75) is 19.4 Å². The topological polar surface area (TPSA) is 81.5 Å². The minimum atomic E-state index is -0.197. The van der Waals surface area contributed by atoms with Crippen LogP contribution in [0.4, 0.5) is 11.4 Å². The Hall–Kier alpha value is -4.07. The second-order valence-electron chi connectivity index (χ2n) is 8.32. The Morgan fingerprint density at radius 2 is 1.88 bits per heavy atom. The third-order valence-electron chi connectivity index (χ3n) is 6.13. The molecule has 0 saturated carbocycles. The lowest BCUT2D eigenvalue weighted by molar-refractivity contribution is 0.102. The van der Waals surface area contributed by atoms with Crippen molar-refractivity contribution >= 4 is 28.3 Å². The fourth-order valence-corrected chi connectivity index (χ4v) is 4.31. The number of amides is 1. The van der Waals surface area contributed by atoms with E-state index < -0.39 is 0 Å². The molecule has 5 rings (SSSR count). The number of carbonyl (C=O) groups is 1. The van der Waals surface area contributed by atoms with E-state index in [-0.39, 0.29) is 5.91 Å². The Kier molecular flexibility index (Phi) is 6.03. The zero-order valence-corrected chi connectivity index (χ0v) is 19.3. The van der Waals surface area contributed by atoms with Gasteiger partial charge in [-0.2, -0.15) is 5.10 Å². The van der Waals surface area contributed by atoms with Crippen LogP contribution < -0.4 is 19.7 Å². The molecular formula is C26H27N5O3. The van der Waals surface area contributed by atoms with Gasteiger partial charge in [0.1, 0.15) is 11.5 Å². The molecule has 8 nitrogen and oxygen atoms in total. The first-order chi connectivity index (χ1) is 16.6. The number of nitrogens with one attached hydrogen (secondary N) is 1. The smallest absolute Gasteiger partial charge is 0.257 e. The number of aromatic nitrogens is 3. The molecule has 2 aromatic heterocycles. The standard InChI is InChI=1S/C26H27N5O3/c1-33-23-9-8-18(24(14-23)34-2)17-31-25-19(16-28-31)12-20(15-27-25)26(32)29-21-6-5-7-22(13-21)30-10-3-4-11-30/h5-9,12-16H,3-4,10-11,17H2,1-2H3,(H,29,32). The van der Waals surface area contributed by atoms with Crippen LogP contribution in [0.25, 0.3) is 11.0 Å². The number of ether oxygens (including phenoxy) is 2. The SMILES string of the molecule is COc1ccc(Cn2ncc3cc(C(=O)Nc4cccc(N5CCCC5)c4)cnc32)c(OC)c1. The average Bonchev–Trinajstić information content (AvgIpc) is 3.55. The summed E-state index contributed by atoms with van der Waals surface area (Å²) in [5.41, 5.74) is 4.05. The number of rotatable bonds is 7. The summed E-state index contributed by atoms with van der Waals surface area (Å²) in [5, 5.41) is 8.27. The molecule has 1 fully saturated rings. The monoisotopic (exact) mass is 457 g/mol. The summed E-state index contributed by atoms with van der Waals surface area (Å²) < 4.78 is 12.6. The highest BCUT2D eigenvalue weighted by atomic mass is 16.5. The first-order valence-electron chi connectivity index (χ1n) is 11.3. The molecule has 0 unspecified atom stereocenters. The van der Waals surface area contributed by atoms with E-state index in [1.54, 1.807) is 31.3 Å². The minimum absolute atomic E-state index is 0.197. The van der Waals surface area contributed by atoms with E-state index in [1.807, 2.05) is 42.5 Å². The van der Waals surface area contributed by atoms with Crippen molar-refractivity contribution in [2.75, 3.05) is 37.5 Å². The van der Waals surface area contributed by atoms with Crippen molar-refractivity contribution in [1.29, 1.82) is 0 Å². The molecule has 1 amide bonds. The molecule has 0 spiro atoms. The van der Waals surface area contributed by atoms with Crippen LogP contribution in [0.5, 0.6) is 11.5 Å². The minimum Gasteiger partial charge on any atom is -0.497 e. The second-order valence-corrected chi connectivity index (χ2v) is 8.32. The van der Waals surface area contributed by atoms with Crippen LogP contribution in [0.1, 0.15) is 28.8 Å². The molecule has 1 N–H and O–H groups in total. The first-order valence-corrected chi connectivity index (χ1v) is 11.3. The maximum atomic E-state index is 12.9. The molecule has 174 valence electrons. The highest BCUT2D eigenvalue weighted by molar-refractivity contribution is 6.05. The molecule has 1 aliphatic rings. The molecule has 1 aliphatic heterocycles. The van der Waals surface area contributed by atoms with E-state index in [1.165, 1.54) is 12.8 Å². The third-order valence-corrected chi connectivity index (χ3v) is 6.13. The van der Waals surface area contributed by atoms with Crippen LogP contribution in [-0.2, 0) is 6.54 Å². The van der Waals surface area contributed by atoms with Crippen molar-refractivity contribution in [1.82, 2.24) is 14.8 Å². The quantitative estimate of drug-likeness (QED) is 0.444. The van der Waals surface area contributed by atoms with E-state index in [2.05, 4.69) is 26.4 Å². The molecule has 0 aliphatic carbocycles. The number of fused-ring (bicyclic) bond motifs is 1. The van der Waals surface area contributed by atoms with Gasteiger partial charge in [-0.1, -0.05) is 6.07 Å². The summed E-state index contributed by atoms with van der Waals surface area (Å²) in [7, 11) is 3.25. The molecule has 34 heavy (non-hydrogen) atoms. The lowest BCUT2D eigenvalue weighted by Gasteiger charge is -2.18. The molecular weight excluding hydrogens is 430 g/mol. The number of pyridine rings is 1. The summed E-state index contributed by atoms with van der Waals surface area (Å²) >= 11 is 0. The number of nitrogens with zero attached hydrogens (tertiary/aromatic N) is 4. The summed E-state index contributed by atoms with van der Waals surface area (Å²) in [6.07, 6.45) is 5.73. The average molecular weight is 458 g/mol. The number of anilines is 2. The lowest BCUT2D eigenvalue weighted by atomic mass is 10.2. The Balaban J connectivity index is 1.33. The van der Waals surface area contributed by atoms with Gasteiger partial charge in [-0.3, -0.25) is 4.79 Å². The largest absolute Gasteiger partial charge is 0.497 e.